The van der Waals surface area contributed by atoms with E-state index in [4.69, 9.17) is 5.73 Å². The van der Waals surface area contributed by atoms with Gasteiger partial charge in [-0.1, -0.05) is 27.6 Å². The van der Waals surface area contributed by atoms with Crippen LogP contribution >= 0.6 is 15.9 Å². The number of hydrogen-bond acceptors (Lipinski definition) is 1. The van der Waals surface area contributed by atoms with Crippen LogP contribution in [0.1, 0.15) is 19.4 Å². The van der Waals surface area contributed by atoms with E-state index in [1.807, 2.05) is 13.8 Å². The van der Waals surface area contributed by atoms with Crippen molar-refractivity contribution in [1.29, 1.82) is 0 Å². The van der Waals surface area contributed by atoms with Gasteiger partial charge in [-0.3, -0.25) is 0 Å². The van der Waals surface area contributed by atoms with Crippen LogP contribution in [-0.2, 0) is 0 Å². The van der Waals surface area contributed by atoms with Gasteiger partial charge in [0.05, 0.1) is 0 Å². The molecule has 14 heavy (non-hydrogen) atoms. The van der Waals surface area contributed by atoms with Crippen molar-refractivity contribution in [3.8, 4) is 0 Å². The second kappa shape index (κ2) is 4.71. The maximum atomic E-state index is 13.3. The average molecular weight is 258 g/mol. The minimum Gasteiger partial charge on any atom is -0.324 e. The molecule has 0 aliphatic heterocycles. The van der Waals surface area contributed by atoms with Crippen molar-refractivity contribution in [2.75, 3.05) is 0 Å². The molecule has 0 saturated carbocycles. The van der Waals surface area contributed by atoms with Crippen molar-refractivity contribution in [1.82, 2.24) is 0 Å². The Balaban J connectivity index is 3.07. The first-order valence-corrected chi connectivity index (χ1v) is 5.19. The molecule has 3 heteroatoms. The highest BCUT2D eigenvalue weighted by atomic mass is 79.9. The summed E-state index contributed by atoms with van der Waals surface area (Å²) in [6.07, 6.45) is 1.77. The Morgan fingerprint density at radius 2 is 2.21 bits per heavy atom. The highest BCUT2D eigenvalue weighted by molar-refractivity contribution is 9.10. The first-order valence-electron chi connectivity index (χ1n) is 4.39. The molecule has 0 aliphatic rings. The zero-order valence-corrected chi connectivity index (χ0v) is 9.81. The van der Waals surface area contributed by atoms with Crippen molar-refractivity contribution in [2.24, 2.45) is 5.73 Å². The first kappa shape index (κ1) is 11.4. The van der Waals surface area contributed by atoms with Crippen LogP contribution in [0.15, 0.2) is 28.2 Å². The average Bonchev–Trinajstić information content (AvgIpc) is 2.11. The maximum Gasteiger partial charge on any atom is 0.130 e. The van der Waals surface area contributed by atoms with E-state index in [1.165, 1.54) is 6.07 Å². The fourth-order valence-electron chi connectivity index (χ4n) is 1.00. The summed E-state index contributed by atoms with van der Waals surface area (Å²) in [4.78, 5) is 0. The number of halogens is 2. The number of hydrogen-bond donors (Lipinski definition) is 1. The molecule has 0 bridgehead atoms. The molecule has 1 atom stereocenters. The van der Waals surface area contributed by atoms with Gasteiger partial charge in [0, 0.05) is 16.1 Å². The van der Waals surface area contributed by atoms with E-state index in [0.29, 0.717) is 5.56 Å². The lowest BCUT2D eigenvalue weighted by molar-refractivity contribution is 0.624. The van der Waals surface area contributed by atoms with Crippen LogP contribution in [0.4, 0.5) is 4.39 Å². The van der Waals surface area contributed by atoms with E-state index >= 15 is 0 Å². The lowest BCUT2D eigenvalue weighted by atomic mass is 10.1. The Hall–Kier alpha value is -0.670. The summed E-state index contributed by atoms with van der Waals surface area (Å²) in [6, 6.07) is 4.80. The van der Waals surface area contributed by atoms with Crippen LogP contribution in [0.25, 0.3) is 6.08 Å². The zero-order valence-electron chi connectivity index (χ0n) is 8.22. The van der Waals surface area contributed by atoms with Gasteiger partial charge >= 0.3 is 0 Å². The molecule has 76 valence electrons. The second-order valence-corrected chi connectivity index (χ2v) is 4.26. The number of benzene rings is 1. The summed E-state index contributed by atoms with van der Waals surface area (Å²) in [5, 5.41) is 0. The molecule has 0 radical (unpaired) electrons. The fourth-order valence-corrected chi connectivity index (χ4v) is 1.38. The topological polar surface area (TPSA) is 26.0 Å². The third kappa shape index (κ3) is 2.93. The van der Waals surface area contributed by atoms with Gasteiger partial charge in [-0.2, -0.15) is 0 Å². The van der Waals surface area contributed by atoms with Gasteiger partial charge in [0.2, 0.25) is 0 Å². The quantitative estimate of drug-likeness (QED) is 0.865. The summed E-state index contributed by atoms with van der Waals surface area (Å²) in [5.41, 5.74) is 7.19. The Labute approximate surface area is 91.9 Å². The monoisotopic (exact) mass is 257 g/mol. The Morgan fingerprint density at radius 1 is 1.57 bits per heavy atom. The Bertz CT molecular complexity index is 358. The van der Waals surface area contributed by atoms with Crippen LogP contribution in [0.2, 0.25) is 0 Å². The van der Waals surface area contributed by atoms with Crippen molar-refractivity contribution in [3.05, 3.63) is 39.6 Å². The van der Waals surface area contributed by atoms with E-state index in [0.717, 1.165) is 10.0 Å². The lowest BCUT2D eigenvalue weighted by Crippen LogP contribution is -2.15. The van der Waals surface area contributed by atoms with Gasteiger partial charge in [-0.15, -0.1) is 0 Å². The molecular weight excluding hydrogens is 245 g/mol. The molecule has 0 spiro atoms. The fraction of sp³-hybridized carbons (Fsp3) is 0.273. The molecule has 2 N–H and O–H groups in total. The van der Waals surface area contributed by atoms with Gasteiger partial charge in [-0.05, 0) is 32.0 Å². The number of rotatable bonds is 2. The Morgan fingerprint density at radius 3 is 2.79 bits per heavy atom. The molecule has 1 aromatic rings. The molecule has 1 nitrogen and oxygen atoms in total. The van der Waals surface area contributed by atoms with Crippen LogP contribution in [0, 0.1) is 5.82 Å². The van der Waals surface area contributed by atoms with E-state index in [2.05, 4.69) is 15.9 Å². The molecule has 0 aliphatic carbocycles. The van der Waals surface area contributed by atoms with Crippen molar-refractivity contribution >= 4 is 22.0 Å². The van der Waals surface area contributed by atoms with E-state index in [9.17, 15) is 4.39 Å². The van der Waals surface area contributed by atoms with Gasteiger partial charge in [0.15, 0.2) is 0 Å². The summed E-state index contributed by atoms with van der Waals surface area (Å²) >= 11 is 3.30. The number of nitrogens with two attached hydrogens (primary N) is 1. The third-order valence-electron chi connectivity index (χ3n) is 2.06. The smallest absolute Gasteiger partial charge is 0.130 e. The molecule has 0 fully saturated rings. The third-order valence-corrected chi connectivity index (χ3v) is 2.55. The summed E-state index contributed by atoms with van der Waals surface area (Å²) in [5.74, 6) is -0.229. The maximum absolute atomic E-state index is 13.3. The first-order chi connectivity index (χ1) is 6.50. The Kier molecular flexibility index (Phi) is 3.84. The standard InChI is InChI=1S/C11H13BrFN/c1-7(8(2)14)5-9-6-10(12)3-4-11(9)13/h3-6,8H,14H2,1-2H3/b7-5+. The molecule has 0 saturated heterocycles. The van der Waals surface area contributed by atoms with Crippen LogP contribution in [-0.4, -0.2) is 6.04 Å². The second-order valence-electron chi connectivity index (χ2n) is 3.34. The minimum atomic E-state index is -0.229. The molecule has 0 heterocycles. The highest BCUT2D eigenvalue weighted by Crippen LogP contribution is 2.18. The van der Waals surface area contributed by atoms with Crippen LogP contribution in [0.3, 0.4) is 0 Å². The van der Waals surface area contributed by atoms with Crippen LogP contribution < -0.4 is 5.73 Å². The summed E-state index contributed by atoms with van der Waals surface area (Å²) < 4.78 is 14.2. The SMILES string of the molecule is C/C(=C\c1cc(Br)ccc1F)C(C)N. The largest absolute Gasteiger partial charge is 0.324 e. The minimum absolute atomic E-state index is 0.0478. The van der Waals surface area contributed by atoms with Crippen molar-refractivity contribution in [3.63, 3.8) is 0 Å². The predicted octanol–water partition coefficient (Wildman–Crippen LogP) is 3.34. The summed E-state index contributed by atoms with van der Waals surface area (Å²) in [6.45, 7) is 3.77. The lowest BCUT2D eigenvalue weighted by Gasteiger charge is -2.06. The van der Waals surface area contributed by atoms with Gasteiger partial charge in [0.25, 0.3) is 0 Å². The molecule has 1 unspecified atom stereocenters. The van der Waals surface area contributed by atoms with Crippen LogP contribution in [0.5, 0.6) is 0 Å². The van der Waals surface area contributed by atoms with E-state index in [-0.39, 0.29) is 11.9 Å². The van der Waals surface area contributed by atoms with Crippen molar-refractivity contribution < 1.29 is 4.39 Å². The van der Waals surface area contributed by atoms with Gasteiger partial charge < -0.3 is 5.73 Å². The normalized spacial score (nSPS) is 14.2. The highest BCUT2D eigenvalue weighted by Gasteiger charge is 2.02. The zero-order chi connectivity index (χ0) is 10.7. The molecule has 0 amide bonds. The predicted molar refractivity (Wildman–Crippen MR) is 61.4 cm³/mol. The molecule has 0 aromatic heterocycles. The summed E-state index contributed by atoms with van der Waals surface area (Å²) in [7, 11) is 0. The van der Waals surface area contributed by atoms with E-state index in [1.54, 1.807) is 18.2 Å². The molecule has 1 rings (SSSR count). The van der Waals surface area contributed by atoms with Crippen molar-refractivity contribution in [2.45, 2.75) is 19.9 Å². The van der Waals surface area contributed by atoms with E-state index < -0.39 is 0 Å². The van der Waals surface area contributed by atoms with Gasteiger partial charge in [0.1, 0.15) is 5.82 Å². The molecule has 1 aromatic carbocycles. The van der Waals surface area contributed by atoms with Gasteiger partial charge in [-0.25, -0.2) is 4.39 Å². The molecular formula is C11H13BrFN.